The van der Waals surface area contributed by atoms with Crippen LogP contribution in [0.5, 0.6) is 0 Å². The van der Waals surface area contributed by atoms with Crippen LogP contribution in [0.25, 0.3) is 11.1 Å². The molecule has 0 bridgehead atoms. The van der Waals surface area contributed by atoms with Gasteiger partial charge in [0.05, 0.1) is 4.83 Å². The zero-order chi connectivity index (χ0) is 11.1. The smallest absolute Gasteiger partial charge is 0.177 e. The molecule has 0 N–H and O–H groups in total. The number of Topliss-reactive ketones (excluding diaryl/α,β-unsaturated/α-hetero) is 1. The molecule has 0 saturated carbocycles. The van der Waals surface area contributed by atoms with Crippen LogP contribution in [0.15, 0.2) is 35.7 Å². The van der Waals surface area contributed by atoms with Crippen molar-refractivity contribution in [3.8, 4) is 11.1 Å². The Morgan fingerprint density at radius 1 is 1.12 bits per heavy atom. The Morgan fingerprint density at radius 2 is 1.88 bits per heavy atom. The number of fused-ring (bicyclic) bond motifs is 3. The maximum atomic E-state index is 12.2. The van der Waals surface area contributed by atoms with Crippen molar-refractivity contribution in [3.63, 3.8) is 0 Å². The highest BCUT2D eigenvalue weighted by atomic mass is 79.9. The Balaban J connectivity index is 2.32. The van der Waals surface area contributed by atoms with Gasteiger partial charge in [-0.05, 0) is 22.6 Å². The molecule has 1 aromatic carbocycles. The summed E-state index contributed by atoms with van der Waals surface area (Å²) in [6.07, 6.45) is 0.792. The van der Waals surface area contributed by atoms with E-state index in [0.29, 0.717) is 0 Å². The summed E-state index contributed by atoms with van der Waals surface area (Å²) in [6, 6.07) is 9.97. The second-order valence-electron chi connectivity index (χ2n) is 3.84. The SMILES string of the molecule is O=C1c2ccccc2-c2ccsc2CC1Br. The summed E-state index contributed by atoms with van der Waals surface area (Å²) >= 11 is 5.21. The van der Waals surface area contributed by atoms with Gasteiger partial charge in [-0.3, -0.25) is 4.79 Å². The summed E-state index contributed by atoms with van der Waals surface area (Å²) in [5.74, 6) is 0.194. The molecular formula is C13H9BrOS. The van der Waals surface area contributed by atoms with E-state index in [4.69, 9.17) is 0 Å². The zero-order valence-electron chi connectivity index (χ0n) is 8.44. The molecule has 1 aliphatic carbocycles. The first-order valence-electron chi connectivity index (χ1n) is 5.11. The number of benzene rings is 1. The zero-order valence-corrected chi connectivity index (χ0v) is 10.8. The van der Waals surface area contributed by atoms with Crippen molar-refractivity contribution >= 4 is 33.0 Å². The van der Waals surface area contributed by atoms with Crippen LogP contribution >= 0.6 is 27.3 Å². The van der Waals surface area contributed by atoms with Gasteiger partial charge in [-0.25, -0.2) is 0 Å². The molecule has 0 saturated heterocycles. The van der Waals surface area contributed by atoms with Crippen molar-refractivity contribution in [1.82, 2.24) is 0 Å². The van der Waals surface area contributed by atoms with Crippen molar-refractivity contribution < 1.29 is 4.79 Å². The van der Waals surface area contributed by atoms with Gasteiger partial charge in [0, 0.05) is 16.9 Å². The van der Waals surface area contributed by atoms with Gasteiger partial charge in [0.2, 0.25) is 0 Å². The minimum absolute atomic E-state index is 0.0893. The third-order valence-corrected chi connectivity index (χ3v) is 4.56. The van der Waals surface area contributed by atoms with Crippen LogP contribution in [0.2, 0.25) is 0 Å². The second-order valence-corrected chi connectivity index (χ2v) is 5.94. The average Bonchev–Trinajstić information content (AvgIpc) is 2.72. The Morgan fingerprint density at radius 3 is 2.69 bits per heavy atom. The first-order chi connectivity index (χ1) is 7.77. The first-order valence-corrected chi connectivity index (χ1v) is 6.91. The van der Waals surface area contributed by atoms with Crippen molar-refractivity contribution in [2.24, 2.45) is 0 Å². The summed E-state index contributed by atoms with van der Waals surface area (Å²) < 4.78 is 0. The topological polar surface area (TPSA) is 17.1 Å². The van der Waals surface area contributed by atoms with E-state index >= 15 is 0 Å². The fourth-order valence-corrected chi connectivity index (χ4v) is 3.82. The van der Waals surface area contributed by atoms with Crippen molar-refractivity contribution in [2.75, 3.05) is 0 Å². The largest absolute Gasteiger partial charge is 0.293 e. The van der Waals surface area contributed by atoms with Gasteiger partial charge in [-0.15, -0.1) is 11.3 Å². The van der Waals surface area contributed by atoms with Crippen LogP contribution in [-0.2, 0) is 6.42 Å². The van der Waals surface area contributed by atoms with E-state index < -0.39 is 0 Å². The summed E-state index contributed by atoms with van der Waals surface area (Å²) in [5, 5.41) is 2.09. The van der Waals surface area contributed by atoms with E-state index in [1.807, 2.05) is 24.3 Å². The number of hydrogen-bond donors (Lipinski definition) is 0. The summed E-state index contributed by atoms with van der Waals surface area (Å²) in [6.45, 7) is 0. The first kappa shape index (κ1) is 10.2. The molecular weight excluding hydrogens is 284 g/mol. The standard InChI is InChI=1S/C13H9BrOS/c14-11-7-12-9(5-6-16-12)8-3-1-2-4-10(8)13(11)15/h1-6,11H,7H2. The lowest BCUT2D eigenvalue weighted by Gasteiger charge is -2.05. The van der Waals surface area contributed by atoms with E-state index in [9.17, 15) is 4.79 Å². The monoisotopic (exact) mass is 292 g/mol. The van der Waals surface area contributed by atoms with Crippen LogP contribution in [0.1, 0.15) is 15.2 Å². The molecule has 0 amide bonds. The summed E-state index contributed by atoms with van der Waals surface area (Å²) in [5.41, 5.74) is 3.13. The molecule has 0 aliphatic heterocycles. The van der Waals surface area contributed by atoms with E-state index in [2.05, 4.69) is 27.4 Å². The summed E-state index contributed by atoms with van der Waals surface area (Å²) in [4.78, 5) is 13.4. The Kier molecular flexibility index (Phi) is 2.45. The molecule has 16 heavy (non-hydrogen) atoms. The molecule has 0 spiro atoms. The summed E-state index contributed by atoms with van der Waals surface area (Å²) in [7, 11) is 0. The number of halogens is 1. The molecule has 1 aliphatic rings. The minimum Gasteiger partial charge on any atom is -0.293 e. The molecule has 0 fully saturated rings. The highest BCUT2D eigenvalue weighted by Crippen LogP contribution is 2.36. The Bertz CT molecular complexity index is 559. The van der Waals surface area contributed by atoms with Gasteiger partial charge in [0.15, 0.2) is 5.78 Å². The third-order valence-electron chi connectivity index (χ3n) is 2.88. The highest BCUT2D eigenvalue weighted by molar-refractivity contribution is 9.10. The molecule has 1 atom stereocenters. The maximum absolute atomic E-state index is 12.2. The van der Waals surface area contributed by atoms with Crippen LogP contribution in [0, 0.1) is 0 Å². The van der Waals surface area contributed by atoms with Gasteiger partial charge >= 0.3 is 0 Å². The molecule has 80 valence electrons. The van der Waals surface area contributed by atoms with Crippen LogP contribution in [0.4, 0.5) is 0 Å². The molecule has 1 heterocycles. The van der Waals surface area contributed by atoms with E-state index in [-0.39, 0.29) is 10.6 Å². The van der Waals surface area contributed by atoms with E-state index in [1.54, 1.807) is 11.3 Å². The molecule has 0 radical (unpaired) electrons. The molecule has 3 heteroatoms. The number of hydrogen-bond acceptors (Lipinski definition) is 2. The number of alkyl halides is 1. The fraction of sp³-hybridized carbons (Fsp3) is 0.154. The second kappa shape index (κ2) is 3.82. The lowest BCUT2D eigenvalue weighted by atomic mass is 10.00. The number of carbonyl (C=O) groups is 1. The van der Waals surface area contributed by atoms with Crippen molar-refractivity contribution in [1.29, 1.82) is 0 Å². The molecule has 1 aromatic heterocycles. The lowest BCUT2D eigenvalue weighted by Crippen LogP contribution is -2.14. The van der Waals surface area contributed by atoms with Crippen molar-refractivity contribution in [3.05, 3.63) is 46.2 Å². The van der Waals surface area contributed by atoms with Crippen molar-refractivity contribution in [2.45, 2.75) is 11.2 Å². The van der Waals surface area contributed by atoms with Gasteiger partial charge in [0.25, 0.3) is 0 Å². The van der Waals surface area contributed by atoms with Crippen LogP contribution in [0.3, 0.4) is 0 Å². The molecule has 2 aromatic rings. The Labute approximate surface area is 106 Å². The van der Waals surface area contributed by atoms with E-state index in [0.717, 1.165) is 17.5 Å². The van der Waals surface area contributed by atoms with Crippen LogP contribution in [-0.4, -0.2) is 10.6 Å². The maximum Gasteiger partial charge on any atom is 0.177 e. The highest BCUT2D eigenvalue weighted by Gasteiger charge is 2.26. The predicted octanol–water partition coefficient (Wildman–Crippen LogP) is 3.92. The normalized spacial score (nSPS) is 18.8. The average molecular weight is 293 g/mol. The molecule has 1 nitrogen and oxygen atoms in total. The molecule has 3 rings (SSSR count). The minimum atomic E-state index is -0.0893. The quantitative estimate of drug-likeness (QED) is 0.673. The van der Waals surface area contributed by atoms with Crippen LogP contribution < -0.4 is 0 Å². The van der Waals surface area contributed by atoms with Gasteiger partial charge < -0.3 is 0 Å². The predicted molar refractivity (Wildman–Crippen MR) is 70.5 cm³/mol. The number of ketones is 1. The number of thiophene rings is 1. The number of carbonyl (C=O) groups excluding carboxylic acids is 1. The van der Waals surface area contributed by atoms with Gasteiger partial charge in [-0.1, -0.05) is 40.2 Å². The lowest BCUT2D eigenvalue weighted by molar-refractivity contribution is 0.0993. The Hall–Kier alpha value is -0.930. The molecule has 1 unspecified atom stereocenters. The number of rotatable bonds is 0. The fourth-order valence-electron chi connectivity index (χ4n) is 2.10. The van der Waals surface area contributed by atoms with Gasteiger partial charge in [0.1, 0.15) is 0 Å². The third kappa shape index (κ3) is 1.46. The van der Waals surface area contributed by atoms with E-state index in [1.165, 1.54) is 10.4 Å². The van der Waals surface area contributed by atoms with Gasteiger partial charge in [-0.2, -0.15) is 0 Å².